The number of amides is 1. The van der Waals surface area contributed by atoms with Gasteiger partial charge in [-0.2, -0.15) is 10.2 Å². The maximum atomic E-state index is 12.8. The number of carbonyl (C=O) groups is 2. The molecule has 29 heavy (non-hydrogen) atoms. The van der Waals surface area contributed by atoms with Crippen molar-refractivity contribution in [3.8, 4) is 11.4 Å². The molecule has 1 aromatic carbocycles. The van der Waals surface area contributed by atoms with Crippen molar-refractivity contribution < 1.29 is 19.4 Å². The highest BCUT2D eigenvalue weighted by Crippen LogP contribution is 2.23. The lowest BCUT2D eigenvalue weighted by Gasteiger charge is -2.31. The molecule has 0 unspecified atom stereocenters. The highest BCUT2D eigenvalue weighted by molar-refractivity contribution is 5.92. The van der Waals surface area contributed by atoms with Crippen LogP contribution in [0.1, 0.15) is 39.7 Å². The Morgan fingerprint density at radius 3 is 2.48 bits per heavy atom. The molecule has 0 spiro atoms. The molecule has 1 aliphatic heterocycles. The van der Waals surface area contributed by atoms with Crippen LogP contribution >= 0.6 is 0 Å². The first kappa shape index (κ1) is 18.7. The summed E-state index contributed by atoms with van der Waals surface area (Å²) in [5.41, 5.74) is 1.41. The molecule has 2 aromatic heterocycles. The normalized spacial score (nSPS) is 14.7. The molecule has 9 nitrogen and oxygen atoms in total. The Hall–Kier alpha value is -3.62. The van der Waals surface area contributed by atoms with E-state index in [4.69, 9.17) is 9.84 Å². The number of hydrogen-bond acceptors (Lipinski definition) is 5. The van der Waals surface area contributed by atoms with Crippen LogP contribution in [-0.4, -0.2) is 61.6 Å². The summed E-state index contributed by atoms with van der Waals surface area (Å²) in [6, 6.07) is 9.24. The molecular formula is C20H21N5O4. The molecule has 1 aliphatic rings. The minimum atomic E-state index is -0.990. The van der Waals surface area contributed by atoms with Crippen LogP contribution in [0.5, 0.6) is 5.75 Å². The van der Waals surface area contributed by atoms with Crippen LogP contribution in [0, 0.1) is 0 Å². The molecule has 0 atom stereocenters. The minimum absolute atomic E-state index is 0.0870. The van der Waals surface area contributed by atoms with E-state index in [1.807, 2.05) is 24.3 Å². The molecule has 0 saturated carbocycles. The smallest absolute Gasteiger partial charge is 0.338 e. The van der Waals surface area contributed by atoms with E-state index in [0.717, 1.165) is 11.4 Å². The maximum Gasteiger partial charge on any atom is 0.338 e. The second kappa shape index (κ2) is 7.78. The summed E-state index contributed by atoms with van der Waals surface area (Å²) in [4.78, 5) is 25.6. The van der Waals surface area contributed by atoms with Crippen molar-refractivity contribution in [1.29, 1.82) is 0 Å². The Balaban J connectivity index is 1.39. The van der Waals surface area contributed by atoms with Gasteiger partial charge < -0.3 is 14.7 Å². The molecule has 0 radical (unpaired) electrons. The predicted molar refractivity (Wildman–Crippen MR) is 103 cm³/mol. The number of aromatic carboxylic acids is 1. The van der Waals surface area contributed by atoms with Crippen molar-refractivity contribution in [1.82, 2.24) is 24.5 Å². The summed E-state index contributed by atoms with van der Waals surface area (Å²) in [6.07, 6.45) is 6.09. The van der Waals surface area contributed by atoms with Crippen molar-refractivity contribution in [3.05, 3.63) is 60.2 Å². The van der Waals surface area contributed by atoms with Crippen LogP contribution < -0.4 is 4.74 Å². The second-order valence-electron chi connectivity index (χ2n) is 6.88. The zero-order chi connectivity index (χ0) is 20.4. The third-order valence-corrected chi connectivity index (χ3v) is 5.12. The largest absolute Gasteiger partial charge is 0.497 e. The molecule has 3 aromatic rings. The van der Waals surface area contributed by atoms with Crippen LogP contribution in [0.4, 0.5) is 0 Å². The van der Waals surface area contributed by atoms with E-state index in [2.05, 4.69) is 10.2 Å². The monoisotopic (exact) mass is 395 g/mol. The molecule has 1 N–H and O–H groups in total. The summed E-state index contributed by atoms with van der Waals surface area (Å²) in [6.45, 7) is 1.14. The molecule has 1 fully saturated rings. The van der Waals surface area contributed by atoms with Gasteiger partial charge in [0.1, 0.15) is 5.75 Å². The molecular weight excluding hydrogens is 374 g/mol. The quantitative estimate of drug-likeness (QED) is 0.711. The van der Waals surface area contributed by atoms with E-state index in [-0.39, 0.29) is 17.5 Å². The van der Waals surface area contributed by atoms with Gasteiger partial charge in [0, 0.05) is 25.5 Å². The van der Waals surface area contributed by atoms with Crippen LogP contribution in [0.25, 0.3) is 5.69 Å². The summed E-state index contributed by atoms with van der Waals surface area (Å²) < 4.78 is 8.50. The first-order chi connectivity index (χ1) is 14.0. The predicted octanol–water partition coefficient (Wildman–Crippen LogP) is 2.25. The van der Waals surface area contributed by atoms with Gasteiger partial charge in [-0.05, 0) is 43.2 Å². The summed E-state index contributed by atoms with van der Waals surface area (Å²) in [7, 11) is 1.61. The van der Waals surface area contributed by atoms with Crippen molar-refractivity contribution >= 4 is 11.9 Å². The van der Waals surface area contributed by atoms with E-state index in [1.165, 1.54) is 6.20 Å². The Bertz CT molecular complexity index is 1020. The number of ether oxygens (including phenoxy) is 1. The van der Waals surface area contributed by atoms with Crippen LogP contribution in [0.2, 0.25) is 0 Å². The van der Waals surface area contributed by atoms with Gasteiger partial charge in [0.2, 0.25) is 0 Å². The van der Waals surface area contributed by atoms with E-state index in [1.54, 1.807) is 39.8 Å². The van der Waals surface area contributed by atoms with Gasteiger partial charge in [-0.25, -0.2) is 9.48 Å². The summed E-state index contributed by atoms with van der Waals surface area (Å²) in [5.74, 6) is -0.341. The number of carboxylic acid groups (broad SMARTS) is 1. The standard InChI is InChI=1S/C20H21N5O4/c1-29-17-4-2-15(3-5-17)24-11-8-18(22-24)19(26)23-9-6-16(7-10-23)25-13-14(12-21-25)20(27)28/h2-5,8,11-13,16H,6-7,9-10H2,1H3,(H,27,28). The van der Waals surface area contributed by atoms with Gasteiger partial charge >= 0.3 is 5.97 Å². The number of carboxylic acids is 1. The molecule has 150 valence electrons. The van der Waals surface area contributed by atoms with Gasteiger partial charge in [-0.15, -0.1) is 0 Å². The average Bonchev–Trinajstić information content (AvgIpc) is 3.44. The van der Waals surface area contributed by atoms with Crippen LogP contribution in [-0.2, 0) is 0 Å². The lowest BCUT2D eigenvalue weighted by molar-refractivity contribution is 0.0682. The Morgan fingerprint density at radius 1 is 1.14 bits per heavy atom. The summed E-state index contributed by atoms with van der Waals surface area (Å²) in [5, 5.41) is 17.6. The number of piperidine rings is 1. The SMILES string of the molecule is COc1ccc(-n2ccc(C(=O)N3CCC(n4cc(C(=O)O)cn4)CC3)n2)cc1. The zero-order valence-electron chi connectivity index (χ0n) is 15.9. The number of likely N-dealkylation sites (tertiary alicyclic amines) is 1. The van der Waals surface area contributed by atoms with Crippen LogP contribution in [0.3, 0.4) is 0 Å². The Morgan fingerprint density at radius 2 is 1.86 bits per heavy atom. The number of nitrogens with zero attached hydrogens (tertiary/aromatic N) is 5. The topological polar surface area (TPSA) is 102 Å². The lowest BCUT2D eigenvalue weighted by atomic mass is 10.0. The fraction of sp³-hybridized carbons (Fsp3) is 0.300. The van der Waals surface area contributed by atoms with Crippen molar-refractivity contribution in [2.45, 2.75) is 18.9 Å². The first-order valence-electron chi connectivity index (χ1n) is 9.32. The van der Waals surface area contributed by atoms with Gasteiger partial charge in [0.25, 0.3) is 5.91 Å². The molecule has 1 saturated heterocycles. The fourth-order valence-electron chi connectivity index (χ4n) is 3.46. The first-order valence-corrected chi connectivity index (χ1v) is 9.32. The molecule has 3 heterocycles. The number of rotatable bonds is 5. The van der Waals surface area contributed by atoms with Crippen molar-refractivity contribution in [3.63, 3.8) is 0 Å². The molecule has 4 rings (SSSR count). The zero-order valence-corrected chi connectivity index (χ0v) is 15.9. The third kappa shape index (κ3) is 3.84. The van der Waals surface area contributed by atoms with Crippen molar-refractivity contribution in [2.24, 2.45) is 0 Å². The van der Waals surface area contributed by atoms with E-state index < -0.39 is 5.97 Å². The van der Waals surface area contributed by atoms with Gasteiger partial charge in [-0.1, -0.05) is 0 Å². The van der Waals surface area contributed by atoms with E-state index in [0.29, 0.717) is 31.6 Å². The van der Waals surface area contributed by atoms with Crippen molar-refractivity contribution in [2.75, 3.05) is 20.2 Å². The number of benzene rings is 1. The number of methoxy groups -OCH3 is 1. The average molecular weight is 395 g/mol. The fourth-order valence-corrected chi connectivity index (χ4v) is 3.46. The number of hydrogen-bond donors (Lipinski definition) is 1. The number of carbonyl (C=O) groups excluding carboxylic acids is 1. The Kier molecular flexibility index (Phi) is 5.03. The van der Waals surface area contributed by atoms with Gasteiger partial charge in [0.15, 0.2) is 5.69 Å². The third-order valence-electron chi connectivity index (χ3n) is 5.12. The molecule has 0 aliphatic carbocycles. The van der Waals surface area contributed by atoms with Crippen LogP contribution in [0.15, 0.2) is 48.9 Å². The second-order valence-corrected chi connectivity index (χ2v) is 6.88. The Labute approximate surface area is 167 Å². The molecule has 9 heteroatoms. The van der Waals surface area contributed by atoms with E-state index in [9.17, 15) is 9.59 Å². The highest BCUT2D eigenvalue weighted by atomic mass is 16.5. The maximum absolute atomic E-state index is 12.8. The molecule has 1 amide bonds. The minimum Gasteiger partial charge on any atom is -0.497 e. The molecule has 0 bridgehead atoms. The van der Waals surface area contributed by atoms with Gasteiger partial charge in [0.05, 0.1) is 30.6 Å². The van der Waals surface area contributed by atoms with Gasteiger partial charge in [-0.3, -0.25) is 9.48 Å². The lowest BCUT2D eigenvalue weighted by Crippen LogP contribution is -2.39. The van der Waals surface area contributed by atoms with E-state index >= 15 is 0 Å². The summed E-state index contributed by atoms with van der Waals surface area (Å²) >= 11 is 0. The highest BCUT2D eigenvalue weighted by Gasteiger charge is 2.26. The number of aromatic nitrogens is 4.